The maximum absolute atomic E-state index is 12.7. The second-order valence-corrected chi connectivity index (χ2v) is 7.09. The minimum atomic E-state index is -3.71. The van der Waals surface area contributed by atoms with Gasteiger partial charge in [-0.25, -0.2) is 8.42 Å². The fraction of sp³-hybridized carbons (Fsp3) is 0.538. The number of nitrogens with zero attached hydrogens (tertiary/aromatic N) is 3. The number of hydrogen-bond donors (Lipinski definition) is 1. The Bertz CT molecular complexity index is 613. The molecule has 2 heterocycles. The van der Waals surface area contributed by atoms with Crippen LogP contribution in [0.4, 0.5) is 0 Å². The molecule has 1 aromatic heterocycles. The van der Waals surface area contributed by atoms with E-state index in [-0.39, 0.29) is 17.3 Å². The summed E-state index contributed by atoms with van der Waals surface area (Å²) in [5.41, 5.74) is 6.08. The Morgan fingerprint density at radius 2 is 2.19 bits per heavy atom. The summed E-state index contributed by atoms with van der Waals surface area (Å²) in [4.78, 5) is 17.7. The molecule has 116 valence electrons. The van der Waals surface area contributed by atoms with Crippen LogP contribution in [0.3, 0.4) is 0 Å². The van der Waals surface area contributed by atoms with E-state index in [2.05, 4.69) is 4.98 Å². The number of nitrogens with two attached hydrogens (primary N) is 1. The molecule has 1 aliphatic rings. The van der Waals surface area contributed by atoms with Gasteiger partial charge in [0, 0.05) is 33.4 Å². The van der Waals surface area contributed by atoms with Crippen molar-refractivity contribution in [2.45, 2.75) is 30.3 Å². The lowest BCUT2D eigenvalue weighted by atomic mass is 10.2. The van der Waals surface area contributed by atoms with Crippen LogP contribution >= 0.6 is 0 Å². The average molecular weight is 312 g/mol. The predicted molar refractivity (Wildman–Crippen MR) is 77.7 cm³/mol. The molecular formula is C13H20N4O3S. The van der Waals surface area contributed by atoms with Crippen LogP contribution in [0.15, 0.2) is 23.2 Å². The maximum atomic E-state index is 12.7. The van der Waals surface area contributed by atoms with Gasteiger partial charge in [-0.2, -0.15) is 4.31 Å². The molecule has 0 aromatic carbocycles. The van der Waals surface area contributed by atoms with Crippen molar-refractivity contribution in [3.05, 3.63) is 24.0 Å². The number of carbonyl (C=O) groups excluding carboxylic acids is 1. The Morgan fingerprint density at radius 3 is 2.71 bits per heavy atom. The Morgan fingerprint density at radius 1 is 1.48 bits per heavy atom. The van der Waals surface area contributed by atoms with Crippen LogP contribution in [-0.2, 0) is 21.4 Å². The zero-order chi connectivity index (χ0) is 15.6. The normalized spacial score (nSPS) is 19.7. The summed E-state index contributed by atoms with van der Waals surface area (Å²) in [6.07, 6.45) is 2.52. The second kappa shape index (κ2) is 6.08. The molecule has 0 radical (unpaired) electrons. The number of rotatable bonds is 4. The van der Waals surface area contributed by atoms with Gasteiger partial charge in [0.2, 0.25) is 15.9 Å². The van der Waals surface area contributed by atoms with Gasteiger partial charge in [-0.15, -0.1) is 0 Å². The number of hydrogen-bond acceptors (Lipinski definition) is 5. The first-order chi connectivity index (χ1) is 9.87. The highest BCUT2D eigenvalue weighted by Gasteiger charge is 2.40. The predicted octanol–water partition coefficient (Wildman–Crippen LogP) is -0.218. The third kappa shape index (κ3) is 3.07. The van der Waals surface area contributed by atoms with E-state index in [1.165, 1.54) is 21.5 Å². The third-order valence-corrected chi connectivity index (χ3v) is 5.43. The summed E-state index contributed by atoms with van der Waals surface area (Å²) in [6, 6.07) is 2.45. The molecule has 0 aliphatic carbocycles. The standard InChI is InChI=1S/C13H20N4O3S/c1-16(2)13(18)12-4-3-7-17(12)21(19,20)11-6-5-10(8-14)15-9-11/h5-6,9,12H,3-4,7-8,14H2,1-2H3. The molecule has 2 rings (SSSR count). The number of likely N-dealkylation sites (N-methyl/N-ethyl adjacent to an activating group) is 1. The molecule has 1 fully saturated rings. The molecule has 0 spiro atoms. The van der Waals surface area contributed by atoms with Crippen LogP contribution in [-0.4, -0.2) is 55.2 Å². The molecule has 1 atom stereocenters. The molecular weight excluding hydrogens is 292 g/mol. The van der Waals surface area contributed by atoms with Gasteiger partial charge in [0.1, 0.15) is 10.9 Å². The van der Waals surface area contributed by atoms with Crippen molar-refractivity contribution in [1.82, 2.24) is 14.2 Å². The van der Waals surface area contributed by atoms with E-state index >= 15 is 0 Å². The molecule has 0 saturated carbocycles. The number of amides is 1. The zero-order valence-electron chi connectivity index (χ0n) is 12.2. The van der Waals surface area contributed by atoms with Crippen molar-refractivity contribution >= 4 is 15.9 Å². The number of aromatic nitrogens is 1. The lowest BCUT2D eigenvalue weighted by molar-refractivity contribution is -0.132. The summed E-state index contributed by atoms with van der Waals surface area (Å²) in [6.45, 7) is 0.608. The van der Waals surface area contributed by atoms with Gasteiger partial charge < -0.3 is 10.6 Å². The first kappa shape index (κ1) is 15.9. The molecule has 1 saturated heterocycles. The van der Waals surface area contributed by atoms with Crippen molar-refractivity contribution < 1.29 is 13.2 Å². The van der Waals surface area contributed by atoms with Crippen molar-refractivity contribution in [3.8, 4) is 0 Å². The third-order valence-electron chi connectivity index (χ3n) is 3.54. The number of carbonyl (C=O) groups is 1. The summed E-state index contributed by atoms with van der Waals surface area (Å²) in [5, 5.41) is 0. The van der Waals surface area contributed by atoms with Gasteiger partial charge >= 0.3 is 0 Å². The van der Waals surface area contributed by atoms with Crippen LogP contribution < -0.4 is 5.73 Å². The molecule has 21 heavy (non-hydrogen) atoms. The maximum Gasteiger partial charge on any atom is 0.245 e. The summed E-state index contributed by atoms with van der Waals surface area (Å²) in [5.74, 6) is -0.192. The SMILES string of the molecule is CN(C)C(=O)C1CCCN1S(=O)(=O)c1ccc(CN)nc1. The van der Waals surface area contributed by atoms with E-state index in [0.29, 0.717) is 25.1 Å². The van der Waals surface area contributed by atoms with Gasteiger partial charge in [-0.3, -0.25) is 9.78 Å². The molecule has 1 unspecified atom stereocenters. The highest BCUT2D eigenvalue weighted by Crippen LogP contribution is 2.26. The molecule has 8 heteroatoms. The Labute approximate surface area is 124 Å². The topological polar surface area (TPSA) is 96.6 Å². The van der Waals surface area contributed by atoms with Crippen LogP contribution in [0.5, 0.6) is 0 Å². The van der Waals surface area contributed by atoms with Crippen molar-refractivity contribution in [1.29, 1.82) is 0 Å². The summed E-state index contributed by atoms with van der Waals surface area (Å²) >= 11 is 0. The molecule has 0 bridgehead atoms. The van der Waals surface area contributed by atoms with Crippen molar-refractivity contribution in [3.63, 3.8) is 0 Å². The van der Waals surface area contributed by atoms with Gasteiger partial charge in [-0.05, 0) is 25.0 Å². The Kier molecular flexibility index (Phi) is 4.60. The molecule has 1 amide bonds. The fourth-order valence-corrected chi connectivity index (χ4v) is 3.99. The summed E-state index contributed by atoms with van der Waals surface area (Å²) < 4.78 is 26.6. The van der Waals surface area contributed by atoms with Crippen LogP contribution in [0.2, 0.25) is 0 Å². The smallest absolute Gasteiger partial charge is 0.245 e. The average Bonchev–Trinajstić information content (AvgIpc) is 2.96. The number of pyridine rings is 1. The molecule has 1 aromatic rings. The highest BCUT2D eigenvalue weighted by atomic mass is 32.2. The van der Waals surface area contributed by atoms with Crippen LogP contribution in [0.25, 0.3) is 0 Å². The highest BCUT2D eigenvalue weighted by molar-refractivity contribution is 7.89. The van der Waals surface area contributed by atoms with Crippen molar-refractivity contribution in [2.75, 3.05) is 20.6 Å². The monoisotopic (exact) mass is 312 g/mol. The van der Waals surface area contributed by atoms with Crippen LogP contribution in [0.1, 0.15) is 18.5 Å². The van der Waals surface area contributed by atoms with E-state index in [9.17, 15) is 13.2 Å². The van der Waals surface area contributed by atoms with E-state index in [1.54, 1.807) is 20.2 Å². The molecule has 7 nitrogen and oxygen atoms in total. The lowest BCUT2D eigenvalue weighted by Gasteiger charge is -2.25. The van der Waals surface area contributed by atoms with Crippen LogP contribution in [0, 0.1) is 0 Å². The minimum absolute atomic E-state index is 0.0955. The van der Waals surface area contributed by atoms with E-state index in [1.807, 2.05) is 0 Å². The largest absolute Gasteiger partial charge is 0.347 e. The molecule has 2 N–H and O–H groups in total. The summed E-state index contributed by atoms with van der Waals surface area (Å²) in [7, 11) is -0.453. The first-order valence-corrected chi connectivity index (χ1v) is 8.20. The van der Waals surface area contributed by atoms with Crippen molar-refractivity contribution in [2.24, 2.45) is 5.73 Å². The Balaban J connectivity index is 2.31. The van der Waals surface area contributed by atoms with Gasteiger partial charge in [-0.1, -0.05) is 0 Å². The van der Waals surface area contributed by atoms with E-state index < -0.39 is 16.1 Å². The Hall–Kier alpha value is -1.51. The quantitative estimate of drug-likeness (QED) is 0.829. The number of sulfonamides is 1. The lowest BCUT2D eigenvalue weighted by Crippen LogP contribution is -2.45. The first-order valence-electron chi connectivity index (χ1n) is 6.76. The second-order valence-electron chi connectivity index (χ2n) is 5.20. The van der Waals surface area contributed by atoms with Gasteiger partial charge in [0.05, 0.1) is 5.69 Å². The van der Waals surface area contributed by atoms with Gasteiger partial charge in [0.25, 0.3) is 0 Å². The minimum Gasteiger partial charge on any atom is -0.347 e. The fourth-order valence-electron chi connectivity index (χ4n) is 2.39. The van der Waals surface area contributed by atoms with E-state index in [0.717, 1.165) is 0 Å². The molecule has 1 aliphatic heterocycles. The van der Waals surface area contributed by atoms with Gasteiger partial charge in [0.15, 0.2) is 0 Å². The zero-order valence-corrected chi connectivity index (χ0v) is 13.0. The van der Waals surface area contributed by atoms with E-state index in [4.69, 9.17) is 5.73 Å².